The number of anilines is 2. The highest BCUT2D eigenvalue weighted by Crippen LogP contribution is 2.37. The van der Waals surface area contributed by atoms with Crippen molar-refractivity contribution in [2.24, 2.45) is 0 Å². The molecule has 0 aliphatic carbocycles. The van der Waals surface area contributed by atoms with Crippen LogP contribution in [0, 0.1) is 0 Å². The standard InChI is InChI=1S/C17H20N4OS3/c1-3-9-18-16-19-20-17(25-16)23-11-15(22)21-10-8-12(2)24-14-7-5-4-6-13(14)21/h3-7,12H,1,8-11H2,2H3,(H,18,19)/t12-/m0/s1. The number of thioether (sulfide) groups is 2. The van der Waals surface area contributed by atoms with Crippen molar-refractivity contribution in [3.8, 4) is 0 Å². The molecule has 0 saturated carbocycles. The van der Waals surface area contributed by atoms with E-state index in [1.54, 1.807) is 6.08 Å². The molecule has 1 atom stereocenters. The molecule has 1 amide bonds. The number of carbonyl (C=O) groups is 1. The molecular formula is C17H20N4OS3. The fourth-order valence-electron chi connectivity index (χ4n) is 2.45. The summed E-state index contributed by atoms with van der Waals surface area (Å²) < 4.78 is 0.797. The molecule has 5 nitrogen and oxygen atoms in total. The Kier molecular flexibility index (Phi) is 6.39. The third-order valence-corrected chi connectivity index (χ3v) is 6.90. The molecule has 25 heavy (non-hydrogen) atoms. The van der Waals surface area contributed by atoms with E-state index in [9.17, 15) is 4.79 Å². The average Bonchev–Trinajstić information content (AvgIpc) is 3.00. The molecule has 2 aromatic rings. The van der Waals surface area contributed by atoms with E-state index < -0.39 is 0 Å². The minimum absolute atomic E-state index is 0.114. The van der Waals surface area contributed by atoms with Crippen LogP contribution in [0.5, 0.6) is 0 Å². The predicted octanol–water partition coefficient (Wildman–Crippen LogP) is 4.15. The van der Waals surface area contributed by atoms with Gasteiger partial charge < -0.3 is 10.2 Å². The van der Waals surface area contributed by atoms with Gasteiger partial charge in [-0.15, -0.1) is 28.5 Å². The minimum Gasteiger partial charge on any atom is -0.357 e. The van der Waals surface area contributed by atoms with Gasteiger partial charge in [0, 0.05) is 23.2 Å². The molecule has 3 rings (SSSR count). The summed E-state index contributed by atoms with van der Waals surface area (Å²) in [6, 6.07) is 8.15. The summed E-state index contributed by atoms with van der Waals surface area (Å²) in [7, 11) is 0. The van der Waals surface area contributed by atoms with Crippen LogP contribution < -0.4 is 10.2 Å². The summed E-state index contributed by atoms with van der Waals surface area (Å²) in [4.78, 5) is 15.9. The second-order valence-electron chi connectivity index (χ2n) is 5.56. The Hall–Kier alpha value is -1.51. The Balaban J connectivity index is 1.65. The van der Waals surface area contributed by atoms with E-state index in [2.05, 4.69) is 35.1 Å². The molecule has 0 bridgehead atoms. The van der Waals surface area contributed by atoms with Gasteiger partial charge in [0.2, 0.25) is 11.0 Å². The number of carbonyl (C=O) groups excluding carboxylic acids is 1. The van der Waals surface area contributed by atoms with E-state index >= 15 is 0 Å². The van der Waals surface area contributed by atoms with Gasteiger partial charge in [0.05, 0.1) is 11.4 Å². The summed E-state index contributed by atoms with van der Waals surface area (Å²) in [5, 5.41) is 12.6. The van der Waals surface area contributed by atoms with Crippen LogP contribution in [0.3, 0.4) is 0 Å². The molecule has 0 spiro atoms. The number of hydrogen-bond donors (Lipinski definition) is 1. The Morgan fingerprint density at radius 1 is 1.48 bits per heavy atom. The Bertz CT molecular complexity index is 749. The van der Waals surface area contributed by atoms with Crippen molar-refractivity contribution >= 4 is 51.6 Å². The fraction of sp³-hybridized carbons (Fsp3) is 0.353. The summed E-state index contributed by atoms with van der Waals surface area (Å²) in [6.45, 7) is 7.28. The minimum atomic E-state index is 0.114. The number of fused-ring (bicyclic) bond motifs is 1. The van der Waals surface area contributed by atoms with Crippen LogP contribution in [0.2, 0.25) is 0 Å². The van der Waals surface area contributed by atoms with Crippen LogP contribution in [0.15, 0.2) is 46.2 Å². The molecule has 1 aromatic carbocycles. The van der Waals surface area contributed by atoms with Gasteiger partial charge in [-0.3, -0.25) is 4.79 Å². The van der Waals surface area contributed by atoms with Crippen molar-refractivity contribution in [2.45, 2.75) is 27.8 Å². The molecule has 132 valence electrons. The second-order valence-corrected chi connectivity index (χ2v) is 9.24. The van der Waals surface area contributed by atoms with Crippen molar-refractivity contribution in [3.63, 3.8) is 0 Å². The maximum atomic E-state index is 12.8. The predicted molar refractivity (Wildman–Crippen MR) is 108 cm³/mol. The lowest BCUT2D eigenvalue weighted by Gasteiger charge is -2.22. The fourth-order valence-corrected chi connectivity index (χ4v) is 5.19. The highest BCUT2D eigenvalue weighted by atomic mass is 32.2. The van der Waals surface area contributed by atoms with Crippen LogP contribution in [-0.2, 0) is 4.79 Å². The molecule has 8 heteroatoms. The molecule has 2 heterocycles. The molecule has 0 fully saturated rings. The average molecular weight is 393 g/mol. The SMILES string of the molecule is C=CCNc1nnc(SCC(=O)N2CC[C@H](C)Sc3ccccc32)s1. The maximum Gasteiger partial charge on any atom is 0.237 e. The zero-order chi connectivity index (χ0) is 17.6. The quantitative estimate of drug-likeness (QED) is 0.589. The number of nitrogens with one attached hydrogen (secondary N) is 1. The smallest absolute Gasteiger partial charge is 0.237 e. The number of rotatable bonds is 6. The van der Waals surface area contributed by atoms with Crippen LogP contribution in [0.25, 0.3) is 0 Å². The van der Waals surface area contributed by atoms with E-state index in [1.807, 2.05) is 34.9 Å². The van der Waals surface area contributed by atoms with Crippen LogP contribution >= 0.6 is 34.9 Å². The van der Waals surface area contributed by atoms with E-state index in [-0.39, 0.29) is 5.91 Å². The largest absolute Gasteiger partial charge is 0.357 e. The summed E-state index contributed by atoms with van der Waals surface area (Å²) in [5.41, 5.74) is 1.02. The van der Waals surface area contributed by atoms with E-state index in [0.29, 0.717) is 17.5 Å². The zero-order valence-corrected chi connectivity index (χ0v) is 16.4. The van der Waals surface area contributed by atoms with Crippen molar-refractivity contribution in [1.29, 1.82) is 0 Å². The van der Waals surface area contributed by atoms with E-state index in [4.69, 9.17) is 0 Å². The van der Waals surface area contributed by atoms with Crippen molar-refractivity contribution in [2.75, 3.05) is 29.1 Å². The molecule has 0 saturated heterocycles. The Labute approximate surface area is 160 Å². The first kappa shape index (κ1) is 18.3. The van der Waals surface area contributed by atoms with Crippen molar-refractivity contribution in [3.05, 3.63) is 36.9 Å². The van der Waals surface area contributed by atoms with Gasteiger partial charge in [-0.25, -0.2) is 0 Å². The third kappa shape index (κ3) is 4.77. The highest BCUT2D eigenvalue weighted by molar-refractivity contribution is 8.01. The third-order valence-electron chi connectivity index (χ3n) is 3.67. The van der Waals surface area contributed by atoms with Gasteiger partial charge in [-0.2, -0.15) is 0 Å². The van der Waals surface area contributed by atoms with E-state index in [0.717, 1.165) is 28.1 Å². The van der Waals surface area contributed by atoms with Gasteiger partial charge in [-0.05, 0) is 18.6 Å². The summed E-state index contributed by atoms with van der Waals surface area (Å²) in [5.74, 6) is 0.478. The molecule has 1 aliphatic heterocycles. The normalized spacial score (nSPS) is 16.8. The number of benzene rings is 1. The highest BCUT2D eigenvalue weighted by Gasteiger charge is 2.24. The Morgan fingerprint density at radius 2 is 2.32 bits per heavy atom. The molecule has 1 aliphatic rings. The van der Waals surface area contributed by atoms with Gasteiger partial charge in [0.25, 0.3) is 0 Å². The number of hydrogen-bond acceptors (Lipinski definition) is 7. The first-order chi connectivity index (χ1) is 12.2. The molecule has 1 aromatic heterocycles. The second kappa shape index (κ2) is 8.73. The molecule has 0 unspecified atom stereocenters. The monoisotopic (exact) mass is 392 g/mol. The van der Waals surface area contributed by atoms with Gasteiger partial charge in [0.1, 0.15) is 0 Å². The number of aromatic nitrogens is 2. The van der Waals surface area contributed by atoms with Gasteiger partial charge in [-0.1, -0.05) is 48.2 Å². The van der Waals surface area contributed by atoms with Crippen LogP contribution in [-0.4, -0.2) is 40.2 Å². The lowest BCUT2D eigenvalue weighted by molar-refractivity contribution is -0.116. The first-order valence-corrected chi connectivity index (χ1v) is 10.7. The molecular weight excluding hydrogens is 372 g/mol. The maximum absolute atomic E-state index is 12.8. The Morgan fingerprint density at radius 3 is 3.16 bits per heavy atom. The van der Waals surface area contributed by atoms with Crippen molar-refractivity contribution in [1.82, 2.24) is 10.2 Å². The van der Waals surface area contributed by atoms with Crippen LogP contribution in [0.4, 0.5) is 10.8 Å². The number of amides is 1. The van der Waals surface area contributed by atoms with Gasteiger partial charge >= 0.3 is 0 Å². The first-order valence-electron chi connectivity index (χ1n) is 8.04. The molecule has 0 radical (unpaired) electrons. The summed E-state index contributed by atoms with van der Waals surface area (Å²) in [6.07, 6.45) is 2.76. The van der Waals surface area contributed by atoms with Gasteiger partial charge in [0.15, 0.2) is 4.34 Å². The van der Waals surface area contributed by atoms with Crippen molar-refractivity contribution < 1.29 is 4.79 Å². The summed E-state index contributed by atoms with van der Waals surface area (Å²) >= 11 is 4.74. The topological polar surface area (TPSA) is 58.1 Å². The number of para-hydroxylation sites is 1. The number of nitrogens with zero attached hydrogens (tertiary/aromatic N) is 3. The lowest BCUT2D eigenvalue weighted by Crippen LogP contribution is -2.33. The van der Waals surface area contributed by atoms with E-state index in [1.165, 1.54) is 28.0 Å². The zero-order valence-electron chi connectivity index (χ0n) is 14.0. The van der Waals surface area contributed by atoms with Crippen LogP contribution in [0.1, 0.15) is 13.3 Å². The lowest BCUT2D eigenvalue weighted by atomic mass is 10.2. The molecule has 1 N–H and O–H groups in total.